The number of fused-ring (bicyclic) bond motifs is 1. The molecule has 1 aliphatic rings. The van der Waals surface area contributed by atoms with Gasteiger partial charge in [0.15, 0.2) is 11.5 Å². The maximum absolute atomic E-state index is 11.3. The second-order valence-electron chi connectivity index (χ2n) is 7.00. The Bertz CT molecular complexity index is 1320. The number of nitrogens with one attached hydrogen (secondary N) is 1. The van der Waals surface area contributed by atoms with Gasteiger partial charge in [0.25, 0.3) is 5.69 Å². The summed E-state index contributed by atoms with van der Waals surface area (Å²) in [6.07, 6.45) is 0. The van der Waals surface area contributed by atoms with Crippen LogP contribution in [-0.2, 0) is 0 Å². The maximum Gasteiger partial charge on any atom is 0.270 e. The minimum Gasteiger partial charge on any atom is -0.496 e. The third-order valence-corrected chi connectivity index (χ3v) is 5.33. The molecule has 0 unspecified atom stereocenters. The molecule has 3 N–H and O–H groups in total. The number of non-ortho nitro benzene ring substituents is 1. The molecule has 1 aliphatic heterocycles. The summed E-state index contributed by atoms with van der Waals surface area (Å²) in [7, 11) is 4.48. The van der Waals surface area contributed by atoms with Crippen LogP contribution in [0, 0.1) is 21.4 Å². The molecule has 4 rings (SSSR count). The molecule has 0 fully saturated rings. The van der Waals surface area contributed by atoms with Crippen LogP contribution in [0.15, 0.2) is 47.9 Å². The van der Waals surface area contributed by atoms with Crippen molar-refractivity contribution in [2.75, 3.05) is 21.3 Å². The number of hydrogen-bond donors (Lipinski definition) is 2. The van der Waals surface area contributed by atoms with Crippen molar-refractivity contribution in [3.63, 3.8) is 0 Å². The van der Waals surface area contributed by atoms with E-state index in [4.69, 9.17) is 24.7 Å². The molecular formula is C22H19N5O6. The predicted molar refractivity (Wildman–Crippen MR) is 116 cm³/mol. The van der Waals surface area contributed by atoms with E-state index in [1.54, 1.807) is 24.3 Å². The first-order valence-corrected chi connectivity index (χ1v) is 9.64. The molecule has 0 saturated carbocycles. The second-order valence-corrected chi connectivity index (χ2v) is 7.00. The van der Waals surface area contributed by atoms with Gasteiger partial charge in [-0.3, -0.25) is 15.2 Å². The van der Waals surface area contributed by atoms with Gasteiger partial charge < -0.3 is 24.7 Å². The van der Waals surface area contributed by atoms with Crippen LogP contribution < -0.4 is 24.7 Å². The van der Waals surface area contributed by atoms with Gasteiger partial charge in [-0.05, 0) is 6.07 Å². The molecule has 168 valence electrons. The van der Waals surface area contributed by atoms with Gasteiger partial charge in [0.1, 0.15) is 17.4 Å². The predicted octanol–water partition coefficient (Wildman–Crippen LogP) is 3.23. The third kappa shape index (κ3) is 3.53. The molecule has 11 nitrogen and oxygen atoms in total. The molecule has 11 heteroatoms. The van der Waals surface area contributed by atoms with Gasteiger partial charge in [-0.25, -0.2) is 0 Å². The number of rotatable bonds is 6. The fourth-order valence-electron chi connectivity index (χ4n) is 3.83. The van der Waals surface area contributed by atoms with Crippen LogP contribution in [0.3, 0.4) is 0 Å². The third-order valence-electron chi connectivity index (χ3n) is 5.33. The molecule has 3 aromatic rings. The van der Waals surface area contributed by atoms with Gasteiger partial charge >= 0.3 is 0 Å². The van der Waals surface area contributed by atoms with E-state index < -0.39 is 10.8 Å². The van der Waals surface area contributed by atoms with Crippen molar-refractivity contribution >= 4 is 5.69 Å². The molecule has 0 saturated heterocycles. The van der Waals surface area contributed by atoms with Crippen molar-refractivity contribution in [1.29, 1.82) is 5.26 Å². The highest BCUT2D eigenvalue weighted by molar-refractivity contribution is 5.73. The van der Waals surface area contributed by atoms with Gasteiger partial charge in [-0.1, -0.05) is 12.1 Å². The largest absolute Gasteiger partial charge is 0.496 e. The minimum atomic E-state index is -0.762. The maximum atomic E-state index is 11.3. The molecular weight excluding hydrogens is 430 g/mol. The summed E-state index contributed by atoms with van der Waals surface area (Å²) in [5, 5.41) is 28.3. The van der Waals surface area contributed by atoms with E-state index in [0.717, 1.165) is 0 Å². The summed E-state index contributed by atoms with van der Waals surface area (Å²) in [6.45, 7) is 0. The normalized spacial score (nSPS) is 14.7. The smallest absolute Gasteiger partial charge is 0.270 e. The van der Waals surface area contributed by atoms with Crippen molar-refractivity contribution in [3.05, 3.63) is 69.1 Å². The fourth-order valence-corrected chi connectivity index (χ4v) is 3.83. The van der Waals surface area contributed by atoms with Gasteiger partial charge in [-0.2, -0.15) is 5.26 Å². The van der Waals surface area contributed by atoms with Gasteiger partial charge in [0, 0.05) is 29.3 Å². The van der Waals surface area contributed by atoms with Crippen LogP contribution in [0.25, 0.3) is 11.3 Å². The van der Waals surface area contributed by atoms with Crippen LogP contribution >= 0.6 is 0 Å². The highest BCUT2D eigenvalue weighted by atomic mass is 16.6. The van der Waals surface area contributed by atoms with Gasteiger partial charge in [0.05, 0.1) is 43.4 Å². The second kappa shape index (κ2) is 8.43. The first-order valence-electron chi connectivity index (χ1n) is 9.64. The van der Waals surface area contributed by atoms with E-state index in [1.165, 1.54) is 33.5 Å². The number of nitrogens with two attached hydrogens (primary N) is 1. The molecule has 0 aliphatic carbocycles. The lowest BCUT2D eigenvalue weighted by molar-refractivity contribution is -0.384. The van der Waals surface area contributed by atoms with Crippen molar-refractivity contribution in [2.45, 2.75) is 5.92 Å². The molecule has 0 radical (unpaired) electrons. The zero-order valence-electron chi connectivity index (χ0n) is 17.9. The van der Waals surface area contributed by atoms with E-state index in [9.17, 15) is 15.4 Å². The Labute approximate surface area is 188 Å². The molecule has 1 atom stereocenters. The average molecular weight is 449 g/mol. The van der Waals surface area contributed by atoms with Crippen LogP contribution in [-0.4, -0.2) is 36.5 Å². The van der Waals surface area contributed by atoms with Crippen LogP contribution in [0.2, 0.25) is 0 Å². The Hall–Kier alpha value is -4.72. The lowest BCUT2D eigenvalue weighted by atomic mass is 9.82. The van der Waals surface area contributed by atoms with Crippen molar-refractivity contribution in [1.82, 2.24) is 10.2 Å². The molecule has 2 aromatic carbocycles. The summed E-state index contributed by atoms with van der Waals surface area (Å²) >= 11 is 0. The Kier molecular flexibility index (Phi) is 5.49. The van der Waals surface area contributed by atoms with Gasteiger partial charge in [-0.15, -0.1) is 5.10 Å². The Balaban J connectivity index is 2.00. The lowest BCUT2D eigenvalue weighted by Gasteiger charge is -2.26. The number of aromatic amines is 1. The Morgan fingerprint density at radius 3 is 2.48 bits per heavy atom. The summed E-state index contributed by atoms with van der Waals surface area (Å²) in [4.78, 5) is 10.8. The molecule has 1 aromatic heterocycles. The monoisotopic (exact) mass is 449 g/mol. The van der Waals surface area contributed by atoms with E-state index in [0.29, 0.717) is 39.6 Å². The van der Waals surface area contributed by atoms with E-state index in [2.05, 4.69) is 16.3 Å². The summed E-state index contributed by atoms with van der Waals surface area (Å²) in [5.74, 6) is 0.544. The number of nitro groups is 1. The summed E-state index contributed by atoms with van der Waals surface area (Å²) in [6, 6.07) is 11.5. The number of aromatic nitrogens is 2. The highest BCUT2D eigenvalue weighted by Gasteiger charge is 2.38. The molecule has 0 amide bonds. The number of nitrogens with zero attached hydrogens (tertiary/aromatic N) is 3. The number of benzene rings is 2. The number of methoxy groups -OCH3 is 3. The number of H-pyrrole nitrogens is 1. The van der Waals surface area contributed by atoms with Crippen LogP contribution in [0.5, 0.6) is 23.1 Å². The SMILES string of the molecule is COc1cc(OC)c([C@@H]2C(C#N)=C(N)Oc3n[nH]c(-c4cccc([N+](=O)[O-])c4)c32)cc1OC. The molecule has 0 spiro atoms. The topological polar surface area (TPSA) is 159 Å². The zero-order valence-corrected chi connectivity index (χ0v) is 17.9. The van der Waals surface area contributed by atoms with Crippen molar-refractivity contribution in [3.8, 4) is 40.5 Å². The molecule has 2 heterocycles. The van der Waals surface area contributed by atoms with E-state index in [1.807, 2.05) is 0 Å². The highest BCUT2D eigenvalue weighted by Crippen LogP contribution is 2.50. The lowest BCUT2D eigenvalue weighted by Crippen LogP contribution is -2.21. The summed E-state index contributed by atoms with van der Waals surface area (Å²) in [5.41, 5.74) is 8.05. The minimum absolute atomic E-state index is 0.0941. The first kappa shape index (κ1) is 21.5. The Morgan fingerprint density at radius 2 is 1.85 bits per heavy atom. The average Bonchev–Trinajstić information content (AvgIpc) is 3.25. The Morgan fingerprint density at radius 1 is 1.15 bits per heavy atom. The number of nitriles is 1. The number of hydrogen-bond acceptors (Lipinski definition) is 9. The first-order chi connectivity index (χ1) is 15.9. The van der Waals surface area contributed by atoms with Crippen molar-refractivity contribution in [2.24, 2.45) is 5.73 Å². The van der Waals surface area contributed by atoms with E-state index >= 15 is 0 Å². The van der Waals surface area contributed by atoms with Gasteiger partial charge in [0.2, 0.25) is 11.8 Å². The summed E-state index contributed by atoms with van der Waals surface area (Å²) < 4.78 is 22.0. The van der Waals surface area contributed by atoms with Crippen molar-refractivity contribution < 1.29 is 23.9 Å². The number of allylic oxidation sites excluding steroid dienone is 1. The molecule has 0 bridgehead atoms. The fraction of sp³-hybridized carbons (Fsp3) is 0.182. The number of nitro benzene ring substituents is 1. The quantitative estimate of drug-likeness (QED) is 0.425. The number of ether oxygens (including phenoxy) is 4. The van der Waals surface area contributed by atoms with E-state index in [-0.39, 0.29) is 23.0 Å². The zero-order chi connectivity index (χ0) is 23.7. The molecule has 33 heavy (non-hydrogen) atoms. The van der Waals surface area contributed by atoms with Crippen LogP contribution in [0.4, 0.5) is 5.69 Å². The van der Waals surface area contributed by atoms with Crippen LogP contribution in [0.1, 0.15) is 17.0 Å². The standard InChI is InChI=1S/C22H19N5O6/c1-30-15-9-17(32-3)16(31-2)8-13(15)18-14(10-23)21(24)33-22-19(18)20(25-26-22)11-5-4-6-12(7-11)27(28)29/h4-9,18H,24H2,1-3H3,(H,25,26)/t18-/m1/s1.